The number of amides is 2. The second-order valence-corrected chi connectivity index (χ2v) is 7.70. The lowest BCUT2D eigenvalue weighted by Crippen LogP contribution is -2.59. The monoisotopic (exact) mass is 392 g/mol. The fourth-order valence-corrected chi connectivity index (χ4v) is 2.60. The van der Waals surface area contributed by atoms with Crippen LogP contribution in [0.1, 0.15) is 59.8 Å². The molecule has 0 spiro atoms. The third-order valence-electron chi connectivity index (χ3n) is 3.80. The van der Waals surface area contributed by atoms with E-state index in [2.05, 4.69) is 5.32 Å². The maximum atomic E-state index is 14.0. The number of hydrogen-bond donors (Lipinski definition) is 1. The van der Waals surface area contributed by atoms with Gasteiger partial charge < -0.3 is 19.7 Å². The molecule has 2 amide bonds. The molecule has 0 radical (unpaired) electrons. The molecular formula is C18H30F2N2O5. The van der Waals surface area contributed by atoms with Gasteiger partial charge in [-0.1, -0.05) is 13.3 Å². The third kappa shape index (κ3) is 9.01. The normalized spacial score (nSPS) is 19.6. The zero-order valence-electron chi connectivity index (χ0n) is 16.5. The molecule has 1 aliphatic rings. The zero-order valence-corrected chi connectivity index (χ0v) is 16.5. The molecule has 27 heavy (non-hydrogen) atoms. The molecule has 0 aromatic carbocycles. The number of unbranched alkanes of at least 4 members (excludes halogenated alkanes) is 1. The molecule has 0 saturated carbocycles. The smallest absolute Gasteiger partial charge is 0.408 e. The molecule has 1 aliphatic heterocycles. The van der Waals surface area contributed by atoms with Crippen molar-refractivity contribution >= 4 is 18.0 Å². The van der Waals surface area contributed by atoms with E-state index in [0.717, 1.165) is 17.7 Å². The van der Waals surface area contributed by atoms with Crippen molar-refractivity contribution in [3.63, 3.8) is 0 Å². The average molecular weight is 392 g/mol. The van der Waals surface area contributed by atoms with Gasteiger partial charge in [-0.2, -0.15) is 0 Å². The van der Waals surface area contributed by atoms with Crippen molar-refractivity contribution in [3.05, 3.63) is 0 Å². The summed E-state index contributed by atoms with van der Waals surface area (Å²) in [6.07, 6.45) is 0.227. The predicted molar refractivity (Wildman–Crippen MR) is 94.4 cm³/mol. The van der Waals surface area contributed by atoms with Gasteiger partial charge in [0.15, 0.2) is 0 Å². The number of nitrogens with one attached hydrogen (secondary N) is 1. The molecule has 0 aromatic heterocycles. The van der Waals surface area contributed by atoms with Gasteiger partial charge in [-0.25, -0.2) is 13.6 Å². The highest BCUT2D eigenvalue weighted by atomic mass is 19.3. The third-order valence-corrected chi connectivity index (χ3v) is 3.80. The van der Waals surface area contributed by atoms with Gasteiger partial charge in [0, 0.05) is 19.4 Å². The van der Waals surface area contributed by atoms with E-state index in [-0.39, 0.29) is 19.4 Å². The van der Waals surface area contributed by atoms with Crippen LogP contribution < -0.4 is 5.32 Å². The van der Waals surface area contributed by atoms with Gasteiger partial charge in [-0.15, -0.1) is 0 Å². The number of carbonyl (C=O) groups is 3. The second-order valence-electron chi connectivity index (χ2n) is 7.70. The molecule has 1 fully saturated rings. The van der Waals surface area contributed by atoms with Crippen LogP contribution in [-0.4, -0.2) is 60.1 Å². The van der Waals surface area contributed by atoms with Crippen LogP contribution in [0.5, 0.6) is 0 Å². The standard InChI is InChI=1S/C18H30F2N2O5/c1-5-6-10-26-14(23)8-7-9-22-12-18(19,20)11-13(15(22)24)21-16(25)27-17(2,3)4/h13H,5-12H2,1-4H3,(H,21,25)/t13-/m0/s1. The molecule has 1 atom stereocenters. The molecule has 156 valence electrons. The molecule has 7 nitrogen and oxygen atoms in total. The number of likely N-dealkylation sites (tertiary alicyclic amines) is 1. The molecule has 1 heterocycles. The van der Waals surface area contributed by atoms with E-state index in [1.807, 2.05) is 6.92 Å². The Hall–Kier alpha value is -1.93. The SMILES string of the molecule is CCCCOC(=O)CCCN1CC(F)(F)C[C@H](NC(=O)OC(C)(C)C)C1=O. The van der Waals surface area contributed by atoms with Gasteiger partial charge >= 0.3 is 12.1 Å². The number of alkyl halides is 2. The number of rotatable bonds is 8. The fourth-order valence-electron chi connectivity index (χ4n) is 2.60. The Bertz CT molecular complexity index is 534. The summed E-state index contributed by atoms with van der Waals surface area (Å²) in [7, 11) is 0. The summed E-state index contributed by atoms with van der Waals surface area (Å²) < 4.78 is 38.0. The molecule has 0 aliphatic carbocycles. The first-order chi connectivity index (χ1) is 12.4. The van der Waals surface area contributed by atoms with Gasteiger partial charge in [-0.3, -0.25) is 9.59 Å². The van der Waals surface area contributed by atoms with Crippen LogP contribution in [0.2, 0.25) is 0 Å². The lowest BCUT2D eigenvalue weighted by Gasteiger charge is -2.37. The minimum absolute atomic E-state index is 0.0101. The minimum atomic E-state index is -3.13. The number of ether oxygens (including phenoxy) is 2. The van der Waals surface area contributed by atoms with Crippen molar-refractivity contribution in [2.45, 2.75) is 77.4 Å². The Labute approximate surface area is 158 Å². The Morgan fingerprint density at radius 2 is 1.96 bits per heavy atom. The summed E-state index contributed by atoms with van der Waals surface area (Å²) in [6.45, 7) is 6.46. The number of nitrogens with zero attached hydrogens (tertiary/aromatic N) is 1. The topological polar surface area (TPSA) is 84.9 Å². The summed E-state index contributed by atoms with van der Waals surface area (Å²) in [6, 6.07) is -1.36. The minimum Gasteiger partial charge on any atom is -0.466 e. The van der Waals surface area contributed by atoms with Crippen LogP contribution in [0, 0.1) is 0 Å². The van der Waals surface area contributed by atoms with Crippen molar-refractivity contribution < 1.29 is 32.6 Å². The number of esters is 1. The summed E-state index contributed by atoms with van der Waals surface area (Å²) in [4.78, 5) is 36.8. The van der Waals surface area contributed by atoms with Crippen LogP contribution in [0.3, 0.4) is 0 Å². The van der Waals surface area contributed by atoms with E-state index in [9.17, 15) is 23.2 Å². The Morgan fingerprint density at radius 3 is 2.56 bits per heavy atom. The van der Waals surface area contributed by atoms with Crippen molar-refractivity contribution in [3.8, 4) is 0 Å². The largest absolute Gasteiger partial charge is 0.466 e. The predicted octanol–water partition coefficient (Wildman–Crippen LogP) is 2.87. The first-order valence-corrected chi connectivity index (χ1v) is 9.25. The number of halogens is 2. The molecule has 1 saturated heterocycles. The van der Waals surface area contributed by atoms with Crippen molar-refractivity contribution in [1.82, 2.24) is 10.2 Å². The van der Waals surface area contributed by atoms with Crippen molar-refractivity contribution in [2.24, 2.45) is 0 Å². The van der Waals surface area contributed by atoms with Gasteiger partial charge in [0.05, 0.1) is 13.2 Å². The summed E-state index contributed by atoms with van der Waals surface area (Å²) in [5, 5.41) is 2.22. The lowest BCUT2D eigenvalue weighted by atomic mass is 10.0. The quantitative estimate of drug-likeness (QED) is 0.507. The maximum Gasteiger partial charge on any atom is 0.408 e. The Balaban J connectivity index is 2.55. The van der Waals surface area contributed by atoms with E-state index in [1.165, 1.54) is 0 Å². The molecule has 1 N–H and O–H groups in total. The first-order valence-electron chi connectivity index (χ1n) is 9.25. The van der Waals surface area contributed by atoms with Crippen LogP contribution in [0.4, 0.5) is 13.6 Å². The molecule has 0 aromatic rings. The van der Waals surface area contributed by atoms with E-state index in [0.29, 0.717) is 6.61 Å². The summed E-state index contributed by atoms with van der Waals surface area (Å²) in [5.41, 5.74) is -0.803. The zero-order chi connectivity index (χ0) is 20.7. The lowest BCUT2D eigenvalue weighted by molar-refractivity contribution is -0.152. The molecule has 9 heteroatoms. The maximum absolute atomic E-state index is 14.0. The van der Waals surface area contributed by atoms with Gasteiger partial charge in [0.2, 0.25) is 5.91 Å². The second kappa shape index (κ2) is 9.85. The Kier molecular flexibility index (Phi) is 8.43. The van der Waals surface area contributed by atoms with E-state index in [1.54, 1.807) is 20.8 Å². The highest BCUT2D eigenvalue weighted by molar-refractivity contribution is 5.86. The number of piperidine rings is 1. The molecule has 0 unspecified atom stereocenters. The number of hydrogen-bond acceptors (Lipinski definition) is 5. The van der Waals surface area contributed by atoms with Crippen molar-refractivity contribution in [1.29, 1.82) is 0 Å². The highest BCUT2D eigenvalue weighted by Gasteiger charge is 2.45. The van der Waals surface area contributed by atoms with Gasteiger partial charge in [0.25, 0.3) is 5.92 Å². The van der Waals surface area contributed by atoms with E-state index >= 15 is 0 Å². The first kappa shape index (κ1) is 23.1. The number of carbonyl (C=O) groups excluding carboxylic acids is 3. The van der Waals surface area contributed by atoms with Gasteiger partial charge in [-0.05, 0) is 33.6 Å². The van der Waals surface area contributed by atoms with Crippen LogP contribution in [0.25, 0.3) is 0 Å². The van der Waals surface area contributed by atoms with Crippen LogP contribution in [0.15, 0.2) is 0 Å². The molecular weight excluding hydrogens is 362 g/mol. The number of alkyl carbamates (subject to hydrolysis) is 1. The molecule has 0 bridgehead atoms. The Morgan fingerprint density at radius 1 is 1.30 bits per heavy atom. The summed E-state index contributed by atoms with van der Waals surface area (Å²) in [5.74, 6) is -4.15. The highest BCUT2D eigenvalue weighted by Crippen LogP contribution is 2.28. The van der Waals surface area contributed by atoms with Crippen LogP contribution in [-0.2, 0) is 19.1 Å². The van der Waals surface area contributed by atoms with E-state index < -0.39 is 48.5 Å². The van der Waals surface area contributed by atoms with Crippen LogP contribution >= 0.6 is 0 Å². The average Bonchev–Trinajstić information content (AvgIpc) is 2.49. The van der Waals surface area contributed by atoms with Crippen molar-refractivity contribution in [2.75, 3.05) is 19.7 Å². The molecule has 1 rings (SSSR count). The fraction of sp³-hybridized carbons (Fsp3) is 0.833. The van der Waals surface area contributed by atoms with E-state index in [4.69, 9.17) is 9.47 Å². The summed E-state index contributed by atoms with van der Waals surface area (Å²) >= 11 is 0. The van der Waals surface area contributed by atoms with Gasteiger partial charge in [0.1, 0.15) is 11.6 Å².